The second-order valence-corrected chi connectivity index (χ2v) is 4.39. The highest BCUT2D eigenvalue weighted by molar-refractivity contribution is 5.37. The van der Waals surface area contributed by atoms with Gasteiger partial charge in [-0.3, -0.25) is 4.90 Å². The van der Waals surface area contributed by atoms with Gasteiger partial charge in [0.2, 0.25) is 0 Å². The SMILES string of the molecule is CC(C)N(CCC#N)Cc1cc(F)ccc1C#N. The third-order valence-electron chi connectivity index (χ3n) is 2.80. The van der Waals surface area contributed by atoms with E-state index in [9.17, 15) is 4.39 Å². The maximum atomic E-state index is 13.2. The Morgan fingerprint density at radius 3 is 2.61 bits per heavy atom. The van der Waals surface area contributed by atoms with Crippen LogP contribution in [0.1, 0.15) is 31.4 Å². The van der Waals surface area contributed by atoms with Crippen molar-refractivity contribution in [3.8, 4) is 12.1 Å². The fraction of sp³-hybridized carbons (Fsp3) is 0.429. The van der Waals surface area contributed by atoms with Gasteiger partial charge < -0.3 is 0 Å². The summed E-state index contributed by atoms with van der Waals surface area (Å²) >= 11 is 0. The second-order valence-electron chi connectivity index (χ2n) is 4.39. The topological polar surface area (TPSA) is 50.8 Å². The molecule has 1 rings (SSSR count). The highest BCUT2D eigenvalue weighted by atomic mass is 19.1. The molecule has 0 aliphatic heterocycles. The summed E-state index contributed by atoms with van der Waals surface area (Å²) in [7, 11) is 0. The maximum absolute atomic E-state index is 13.2. The summed E-state index contributed by atoms with van der Waals surface area (Å²) in [6.45, 7) is 5.14. The number of nitriles is 2. The highest BCUT2D eigenvalue weighted by Gasteiger charge is 2.12. The first kappa shape index (κ1) is 14.2. The quantitative estimate of drug-likeness (QED) is 0.801. The van der Waals surface area contributed by atoms with Gasteiger partial charge in [0.25, 0.3) is 0 Å². The minimum atomic E-state index is -0.340. The lowest BCUT2D eigenvalue weighted by Gasteiger charge is -2.25. The first-order valence-corrected chi connectivity index (χ1v) is 5.88. The fourth-order valence-corrected chi connectivity index (χ4v) is 1.73. The van der Waals surface area contributed by atoms with Gasteiger partial charge in [-0.2, -0.15) is 10.5 Å². The average Bonchev–Trinajstić information content (AvgIpc) is 2.34. The van der Waals surface area contributed by atoms with Gasteiger partial charge in [0.15, 0.2) is 0 Å². The van der Waals surface area contributed by atoms with Gasteiger partial charge >= 0.3 is 0 Å². The van der Waals surface area contributed by atoms with Crippen molar-refractivity contribution in [1.82, 2.24) is 4.90 Å². The number of hydrogen-bond donors (Lipinski definition) is 0. The Hall–Kier alpha value is -1.91. The molecular weight excluding hydrogens is 229 g/mol. The van der Waals surface area contributed by atoms with Crippen LogP contribution in [0.15, 0.2) is 18.2 Å². The predicted octanol–water partition coefficient (Wildman–Crippen LogP) is 2.82. The number of halogens is 1. The lowest BCUT2D eigenvalue weighted by atomic mass is 10.1. The third kappa shape index (κ3) is 3.84. The van der Waals surface area contributed by atoms with E-state index in [0.29, 0.717) is 30.6 Å². The standard InChI is InChI=1S/C14H16FN3/c1-11(2)18(7-3-6-16)10-13-8-14(15)5-4-12(13)9-17/h4-5,8,11H,3,7,10H2,1-2H3. The Labute approximate surface area is 107 Å². The third-order valence-corrected chi connectivity index (χ3v) is 2.80. The van der Waals surface area contributed by atoms with E-state index in [1.165, 1.54) is 18.2 Å². The normalized spacial score (nSPS) is 10.4. The Morgan fingerprint density at radius 1 is 1.33 bits per heavy atom. The first-order chi connectivity index (χ1) is 8.58. The number of nitrogens with zero attached hydrogens (tertiary/aromatic N) is 3. The molecule has 0 amide bonds. The van der Waals surface area contributed by atoms with E-state index in [2.05, 4.69) is 17.0 Å². The molecule has 0 aliphatic carbocycles. The summed E-state index contributed by atoms with van der Waals surface area (Å²) in [6, 6.07) is 8.58. The Bertz CT molecular complexity index is 483. The first-order valence-electron chi connectivity index (χ1n) is 5.88. The number of benzene rings is 1. The van der Waals surface area contributed by atoms with E-state index in [1.807, 2.05) is 13.8 Å². The highest BCUT2D eigenvalue weighted by Crippen LogP contribution is 2.15. The summed E-state index contributed by atoms with van der Waals surface area (Å²) < 4.78 is 13.2. The molecule has 3 nitrogen and oxygen atoms in total. The molecule has 0 unspecified atom stereocenters. The molecule has 0 atom stereocenters. The van der Waals surface area contributed by atoms with Crippen molar-refractivity contribution in [2.75, 3.05) is 6.54 Å². The Kier molecular flexibility index (Phi) is 5.30. The zero-order chi connectivity index (χ0) is 13.5. The average molecular weight is 245 g/mol. The molecule has 0 saturated heterocycles. The zero-order valence-corrected chi connectivity index (χ0v) is 10.7. The van der Waals surface area contributed by atoms with E-state index < -0.39 is 0 Å². The van der Waals surface area contributed by atoms with Crippen molar-refractivity contribution in [2.24, 2.45) is 0 Å². The van der Waals surface area contributed by atoms with Crippen LogP contribution in [0.4, 0.5) is 4.39 Å². The predicted molar refractivity (Wildman–Crippen MR) is 66.9 cm³/mol. The van der Waals surface area contributed by atoms with Gasteiger partial charge in [-0.1, -0.05) is 0 Å². The minimum absolute atomic E-state index is 0.244. The van der Waals surface area contributed by atoms with Crippen LogP contribution in [0, 0.1) is 28.5 Å². The summed E-state index contributed by atoms with van der Waals surface area (Å²) in [5, 5.41) is 17.6. The van der Waals surface area contributed by atoms with Gasteiger partial charge in [-0.05, 0) is 37.6 Å². The molecule has 0 spiro atoms. The fourth-order valence-electron chi connectivity index (χ4n) is 1.73. The van der Waals surface area contributed by atoms with Crippen molar-refractivity contribution in [3.63, 3.8) is 0 Å². The molecule has 1 aromatic carbocycles. The Morgan fingerprint density at radius 2 is 2.06 bits per heavy atom. The zero-order valence-electron chi connectivity index (χ0n) is 10.7. The molecule has 0 saturated carbocycles. The van der Waals surface area contributed by atoms with Crippen molar-refractivity contribution in [3.05, 3.63) is 35.1 Å². The number of hydrogen-bond acceptors (Lipinski definition) is 3. The van der Waals surface area contributed by atoms with Crippen LogP contribution in [0.25, 0.3) is 0 Å². The van der Waals surface area contributed by atoms with Crippen molar-refractivity contribution in [2.45, 2.75) is 32.9 Å². The second kappa shape index (κ2) is 6.74. The smallest absolute Gasteiger partial charge is 0.123 e. The minimum Gasteiger partial charge on any atom is -0.296 e. The van der Waals surface area contributed by atoms with Crippen molar-refractivity contribution in [1.29, 1.82) is 10.5 Å². The lowest BCUT2D eigenvalue weighted by molar-refractivity contribution is 0.217. The molecule has 0 fully saturated rings. The largest absolute Gasteiger partial charge is 0.296 e. The summed E-state index contributed by atoms with van der Waals surface area (Å²) in [6.07, 6.45) is 0.426. The molecule has 0 bridgehead atoms. The van der Waals surface area contributed by atoms with E-state index in [-0.39, 0.29) is 11.9 Å². The van der Waals surface area contributed by atoms with E-state index >= 15 is 0 Å². The van der Waals surface area contributed by atoms with Gasteiger partial charge in [0.1, 0.15) is 5.82 Å². The molecule has 0 aromatic heterocycles. The summed E-state index contributed by atoms with van der Waals surface area (Å²) in [4.78, 5) is 2.05. The van der Waals surface area contributed by atoms with Crippen LogP contribution in [-0.4, -0.2) is 17.5 Å². The summed E-state index contributed by atoms with van der Waals surface area (Å²) in [5.74, 6) is -0.340. The monoisotopic (exact) mass is 245 g/mol. The van der Waals surface area contributed by atoms with Gasteiger partial charge in [-0.25, -0.2) is 4.39 Å². The van der Waals surface area contributed by atoms with Crippen LogP contribution >= 0.6 is 0 Å². The van der Waals surface area contributed by atoms with Crippen LogP contribution in [0.2, 0.25) is 0 Å². The van der Waals surface area contributed by atoms with E-state index in [1.54, 1.807) is 0 Å². The van der Waals surface area contributed by atoms with Crippen LogP contribution in [-0.2, 0) is 6.54 Å². The molecular formula is C14H16FN3. The lowest BCUT2D eigenvalue weighted by Crippen LogP contribution is -2.31. The molecule has 0 aliphatic rings. The summed E-state index contributed by atoms with van der Waals surface area (Å²) in [5.41, 5.74) is 1.16. The Balaban J connectivity index is 2.90. The molecule has 18 heavy (non-hydrogen) atoms. The molecule has 0 heterocycles. The van der Waals surface area contributed by atoms with Gasteiger partial charge in [-0.15, -0.1) is 0 Å². The molecule has 0 N–H and O–H groups in total. The van der Waals surface area contributed by atoms with Crippen molar-refractivity contribution < 1.29 is 4.39 Å². The van der Waals surface area contributed by atoms with Crippen LogP contribution in [0.5, 0.6) is 0 Å². The number of rotatable bonds is 5. The van der Waals surface area contributed by atoms with Gasteiger partial charge in [0, 0.05) is 25.6 Å². The maximum Gasteiger partial charge on any atom is 0.123 e. The van der Waals surface area contributed by atoms with Gasteiger partial charge in [0.05, 0.1) is 17.7 Å². The molecule has 94 valence electrons. The van der Waals surface area contributed by atoms with Crippen LogP contribution in [0.3, 0.4) is 0 Å². The molecule has 1 aromatic rings. The van der Waals surface area contributed by atoms with E-state index in [0.717, 1.165) is 0 Å². The van der Waals surface area contributed by atoms with Crippen molar-refractivity contribution >= 4 is 0 Å². The van der Waals surface area contributed by atoms with E-state index in [4.69, 9.17) is 10.5 Å². The van der Waals surface area contributed by atoms with Crippen LogP contribution < -0.4 is 0 Å². The molecule has 0 radical (unpaired) electrons. The molecule has 4 heteroatoms.